The van der Waals surface area contributed by atoms with Crippen molar-refractivity contribution in [3.63, 3.8) is 0 Å². The molecule has 108 valence electrons. The molecule has 1 heterocycles. The predicted octanol–water partition coefficient (Wildman–Crippen LogP) is 4.08. The van der Waals surface area contributed by atoms with Crippen LogP contribution in [-0.2, 0) is 11.3 Å². The summed E-state index contributed by atoms with van der Waals surface area (Å²) in [4.78, 5) is 12.1. The van der Waals surface area contributed by atoms with E-state index in [-0.39, 0.29) is 12.2 Å². The Morgan fingerprint density at radius 2 is 1.90 bits per heavy atom. The molecule has 0 aromatic heterocycles. The Morgan fingerprint density at radius 3 is 2.62 bits per heavy atom. The van der Waals surface area contributed by atoms with E-state index in [2.05, 4.69) is 0 Å². The lowest BCUT2D eigenvalue weighted by Gasteiger charge is -2.22. The number of rotatable bonds is 3. The molecule has 0 N–H and O–H groups in total. The molecule has 21 heavy (non-hydrogen) atoms. The van der Waals surface area contributed by atoms with Crippen molar-refractivity contribution in [1.29, 1.82) is 0 Å². The normalized spacial score (nSPS) is 17.6. The fraction of sp³-hybridized carbons (Fsp3) is 0.235. The summed E-state index contributed by atoms with van der Waals surface area (Å²) < 4.78 is 34.2. The number of ether oxygens (including phenoxy) is 1. The Balaban J connectivity index is 1.96. The zero-order chi connectivity index (χ0) is 15.0. The number of carbonyl (C=O) groups excluding carboxylic acids is 1. The molecule has 4 heteroatoms. The van der Waals surface area contributed by atoms with Gasteiger partial charge in [0.25, 0.3) is 0 Å². The van der Waals surface area contributed by atoms with Gasteiger partial charge in [-0.3, -0.25) is 4.79 Å². The number of alkyl halides is 2. The first-order valence-electron chi connectivity index (χ1n) is 6.69. The summed E-state index contributed by atoms with van der Waals surface area (Å²) >= 11 is 0. The van der Waals surface area contributed by atoms with Crippen molar-refractivity contribution in [3.05, 3.63) is 70.8 Å². The molecule has 0 fully saturated rings. The maximum atomic E-state index is 14.5. The summed E-state index contributed by atoms with van der Waals surface area (Å²) in [5, 5.41) is 0. The Bertz CT molecular complexity index is 680. The molecule has 0 saturated heterocycles. The number of ketones is 1. The first-order chi connectivity index (χ1) is 10.00. The van der Waals surface area contributed by atoms with Gasteiger partial charge in [-0.2, -0.15) is 8.78 Å². The van der Waals surface area contributed by atoms with Crippen molar-refractivity contribution in [1.82, 2.24) is 0 Å². The van der Waals surface area contributed by atoms with Crippen molar-refractivity contribution in [2.24, 2.45) is 0 Å². The van der Waals surface area contributed by atoms with Crippen LogP contribution in [0.3, 0.4) is 0 Å². The number of benzene rings is 2. The van der Waals surface area contributed by atoms with Crippen LogP contribution in [0.2, 0.25) is 0 Å². The van der Waals surface area contributed by atoms with Gasteiger partial charge in [-0.25, -0.2) is 0 Å². The molecule has 2 nitrogen and oxygen atoms in total. The maximum Gasteiger partial charge on any atom is 0.339 e. The Labute approximate surface area is 121 Å². The molecule has 1 aliphatic rings. The third-order valence-corrected chi connectivity index (χ3v) is 3.65. The molecule has 0 aliphatic carbocycles. The van der Waals surface area contributed by atoms with E-state index in [1.54, 1.807) is 30.3 Å². The van der Waals surface area contributed by atoms with E-state index in [4.69, 9.17) is 4.74 Å². The van der Waals surface area contributed by atoms with Crippen LogP contribution in [0, 0.1) is 6.92 Å². The summed E-state index contributed by atoms with van der Waals surface area (Å²) in [6.45, 7) is 2.00. The number of halogens is 2. The third-order valence-electron chi connectivity index (χ3n) is 3.65. The second kappa shape index (κ2) is 5.04. The topological polar surface area (TPSA) is 26.3 Å². The molecule has 0 saturated carbocycles. The van der Waals surface area contributed by atoms with Crippen LogP contribution in [0.4, 0.5) is 8.78 Å². The highest BCUT2D eigenvalue weighted by Gasteiger charge is 2.51. The second-order valence-electron chi connectivity index (χ2n) is 5.21. The molecule has 1 aliphatic heterocycles. The monoisotopic (exact) mass is 288 g/mol. The van der Waals surface area contributed by atoms with Crippen molar-refractivity contribution < 1.29 is 18.3 Å². The van der Waals surface area contributed by atoms with Crippen molar-refractivity contribution in [2.75, 3.05) is 0 Å². The van der Waals surface area contributed by atoms with Crippen LogP contribution in [0.25, 0.3) is 0 Å². The smallest absolute Gasteiger partial charge is 0.339 e. The van der Waals surface area contributed by atoms with Crippen molar-refractivity contribution >= 4 is 5.78 Å². The number of aryl methyl sites for hydroxylation is 1. The quantitative estimate of drug-likeness (QED) is 0.795. The van der Waals surface area contributed by atoms with Crippen molar-refractivity contribution in [2.45, 2.75) is 25.6 Å². The van der Waals surface area contributed by atoms with E-state index in [9.17, 15) is 13.6 Å². The van der Waals surface area contributed by atoms with E-state index < -0.39 is 17.8 Å². The van der Waals surface area contributed by atoms with Crippen LogP contribution in [-0.4, -0.2) is 11.7 Å². The average molecular weight is 288 g/mol. The maximum absolute atomic E-state index is 14.5. The number of carbonyl (C=O) groups is 1. The lowest BCUT2D eigenvalue weighted by atomic mass is 9.94. The minimum atomic E-state index is -3.58. The van der Waals surface area contributed by atoms with Crippen LogP contribution < -0.4 is 0 Å². The molecular formula is C17H14F2O2. The minimum absolute atomic E-state index is 0.00772. The van der Waals surface area contributed by atoms with E-state index in [0.29, 0.717) is 5.56 Å². The van der Waals surface area contributed by atoms with Gasteiger partial charge in [0, 0.05) is 5.56 Å². The molecule has 2 aromatic carbocycles. The minimum Gasteiger partial charge on any atom is -0.362 e. The standard InChI is InChI=1S/C17H14F2O2/c1-11-7-8-14-13(9-11)10-21-16(14)17(18,19)15(20)12-5-3-2-4-6-12/h2-9,16H,10H2,1H3/t16-/m1/s1. The van der Waals surface area contributed by atoms with Gasteiger partial charge in [0.05, 0.1) is 6.61 Å². The van der Waals surface area contributed by atoms with Crippen LogP contribution in [0.1, 0.15) is 33.2 Å². The highest BCUT2D eigenvalue weighted by molar-refractivity contribution is 6.01. The van der Waals surface area contributed by atoms with E-state index in [0.717, 1.165) is 11.1 Å². The van der Waals surface area contributed by atoms with E-state index in [1.807, 2.05) is 13.0 Å². The van der Waals surface area contributed by atoms with Gasteiger partial charge < -0.3 is 4.74 Å². The summed E-state index contributed by atoms with van der Waals surface area (Å²) in [6.07, 6.45) is -1.51. The molecule has 1 atom stereocenters. The fourth-order valence-electron chi connectivity index (χ4n) is 2.58. The van der Waals surface area contributed by atoms with Gasteiger partial charge in [-0.1, -0.05) is 54.1 Å². The van der Waals surface area contributed by atoms with E-state index >= 15 is 0 Å². The first-order valence-corrected chi connectivity index (χ1v) is 6.69. The van der Waals surface area contributed by atoms with E-state index in [1.165, 1.54) is 12.1 Å². The zero-order valence-corrected chi connectivity index (χ0v) is 11.5. The Kier molecular flexibility index (Phi) is 3.33. The molecule has 3 rings (SSSR count). The number of hydrogen-bond acceptors (Lipinski definition) is 2. The van der Waals surface area contributed by atoms with Crippen LogP contribution in [0.5, 0.6) is 0 Å². The molecule has 2 aromatic rings. The van der Waals surface area contributed by atoms with Gasteiger partial charge >= 0.3 is 5.92 Å². The highest BCUT2D eigenvalue weighted by Crippen LogP contribution is 2.43. The van der Waals surface area contributed by atoms with Crippen LogP contribution in [0.15, 0.2) is 48.5 Å². The number of Topliss-reactive ketones (excluding diaryl/α,β-unsaturated/α-hetero) is 1. The molecule has 0 radical (unpaired) electrons. The zero-order valence-electron chi connectivity index (χ0n) is 11.5. The molecule has 0 spiro atoms. The Hall–Kier alpha value is -2.07. The molecular weight excluding hydrogens is 274 g/mol. The largest absolute Gasteiger partial charge is 0.362 e. The van der Waals surface area contributed by atoms with Gasteiger partial charge in [0.15, 0.2) is 6.10 Å². The highest BCUT2D eigenvalue weighted by atomic mass is 19.3. The summed E-state index contributed by atoms with van der Waals surface area (Å²) in [5.41, 5.74) is 2.10. The molecule has 0 bridgehead atoms. The van der Waals surface area contributed by atoms with Crippen LogP contribution >= 0.6 is 0 Å². The van der Waals surface area contributed by atoms with Crippen molar-refractivity contribution in [3.8, 4) is 0 Å². The number of hydrogen-bond donors (Lipinski definition) is 0. The van der Waals surface area contributed by atoms with Gasteiger partial charge in [0.1, 0.15) is 0 Å². The lowest BCUT2D eigenvalue weighted by Crippen LogP contribution is -2.35. The summed E-state index contributed by atoms with van der Waals surface area (Å²) in [6, 6.07) is 12.8. The molecule has 0 amide bonds. The fourth-order valence-corrected chi connectivity index (χ4v) is 2.58. The van der Waals surface area contributed by atoms with Gasteiger partial charge in [-0.05, 0) is 18.1 Å². The molecule has 0 unspecified atom stereocenters. The van der Waals surface area contributed by atoms with Gasteiger partial charge in [-0.15, -0.1) is 0 Å². The predicted molar refractivity (Wildman–Crippen MR) is 74.4 cm³/mol. The summed E-state index contributed by atoms with van der Waals surface area (Å²) in [7, 11) is 0. The average Bonchev–Trinajstić information content (AvgIpc) is 2.91. The summed E-state index contributed by atoms with van der Waals surface area (Å²) in [5.74, 6) is -4.79. The lowest BCUT2D eigenvalue weighted by molar-refractivity contribution is -0.105. The first kappa shape index (κ1) is 13.9. The SMILES string of the molecule is Cc1ccc2c(c1)CO[C@H]2C(F)(F)C(=O)c1ccccc1. The number of fused-ring (bicyclic) bond motifs is 1. The second-order valence-corrected chi connectivity index (χ2v) is 5.21. The third kappa shape index (κ3) is 2.36. The Morgan fingerprint density at radius 1 is 1.19 bits per heavy atom. The van der Waals surface area contributed by atoms with Gasteiger partial charge in [0.2, 0.25) is 5.78 Å².